The van der Waals surface area contributed by atoms with E-state index in [1.165, 1.54) is 24.3 Å². The van der Waals surface area contributed by atoms with Crippen LogP contribution in [0.15, 0.2) is 58.1 Å². The van der Waals surface area contributed by atoms with Crippen LogP contribution in [0.2, 0.25) is 0 Å². The van der Waals surface area contributed by atoms with Crippen molar-refractivity contribution < 1.29 is 18.0 Å². The number of rotatable bonds is 3. The zero-order chi connectivity index (χ0) is 21.0. The number of nitrogens with one attached hydrogen (secondary N) is 2. The summed E-state index contributed by atoms with van der Waals surface area (Å²) in [6.45, 7) is -0.564. The van der Waals surface area contributed by atoms with Crippen LogP contribution in [0.4, 0.5) is 13.2 Å². The lowest BCUT2D eigenvalue weighted by Gasteiger charge is -2.07. The van der Waals surface area contributed by atoms with Crippen molar-refractivity contribution in [3.8, 4) is 11.8 Å². The molecule has 0 aliphatic carbocycles. The number of fused-ring (bicyclic) bond motifs is 1. The Kier molecular flexibility index (Phi) is 5.54. The summed E-state index contributed by atoms with van der Waals surface area (Å²) in [5.74, 6) is 4.49. The number of aromatic amines is 1. The summed E-state index contributed by atoms with van der Waals surface area (Å²) >= 11 is 0. The number of carbonyl (C=O) groups is 1. The zero-order valence-corrected chi connectivity index (χ0v) is 14.8. The van der Waals surface area contributed by atoms with Gasteiger partial charge in [-0.2, -0.15) is 13.2 Å². The fraction of sp³-hybridized carbons (Fsp3) is 0.150. The molecular weight excluding hydrogens is 387 g/mol. The van der Waals surface area contributed by atoms with Crippen molar-refractivity contribution in [3.05, 3.63) is 80.4 Å². The summed E-state index contributed by atoms with van der Waals surface area (Å²) in [5, 5.41) is 5.17. The third-order valence-corrected chi connectivity index (χ3v) is 3.98. The molecule has 0 saturated heterocycles. The highest BCUT2D eigenvalue weighted by Crippen LogP contribution is 2.29. The van der Waals surface area contributed by atoms with Crippen LogP contribution in [-0.4, -0.2) is 22.2 Å². The molecule has 1 amide bonds. The van der Waals surface area contributed by atoms with E-state index in [-0.39, 0.29) is 22.9 Å². The van der Waals surface area contributed by atoms with Gasteiger partial charge in [0.15, 0.2) is 0 Å². The first-order chi connectivity index (χ1) is 13.8. The van der Waals surface area contributed by atoms with Gasteiger partial charge in [0.25, 0.3) is 11.1 Å². The lowest BCUT2D eigenvalue weighted by molar-refractivity contribution is -0.137. The third kappa shape index (κ3) is 4.73. The van der Waals surface area contributed by atoms with Gasteiger partial charge in [0.2, 0.25) is 5.91 Å². The molecule has 148 valence electrons. The Morgan fingerprint density at radius 1 is 1.07 bits per heavy atom. The summed E-state index contributed by atoms with van der Waals surface area (Å²) < 4.78 is 38.9. The summed E-state index contributed by atoms with van der Waals surface area (Å²) in [5.41, 5.74) is -1.68. The highest BCUT2D eigenvalue weighted by atomic mass is 19.4. The molecule has 1 aromatic heterocycles. The van der Waals surface area contributed by atoms with Gasteiger partial charge < -0.3 is 5.32 Å². The van der Waals surface area contributed by atoms with Gasteiger partial charge in [-0.1, -0.05) is 30.0 Å². The van der Waals surface area contributed by atoms with Gasteiger partial charge in [0.05, 0.1) is 22.9 Å². The number of benzene rings is 2. The fourth-order valence-electron chi connectivity index (χ4n) is 2.62. The molecule has 0 unspecified atom stereocenters. The molecule has 9 heteroatoms. The number of hydrogen-bond acceptors (Lipinski definition) is 3. The van der Waals surface area contributed by atoms with Crippen molar-refractivity contribution in [2.75, 3.05) is 6.54 Å². The summed E-state index contributed by atoms with van der Waals surface area (Å²) in [4.78, 5) is 36.3. The summed E-state index contributed by atoms with van der Waals surface area (Å²) in [6, 6.07) is 10.7. The van der Waals surface area contributed by atoms with Gasteiger partial charge in [-0.25, -0.2) is 4.68 Å². The van der Waals surface area contributed by atoms with Crippen LogP contribution in [0.3, 0.4) is 0 Å². The number of hydrogen-bond donors (Lipinski definition) is 2. The fourth-order valence-corrected chi connectivity index (χ4v) is 2.62. The Morgan fingerprint density at radius 3 is 2.52 bits per heavy atom. The molecule has 0 aliphatic heterocycles. The first kappa shape index (κ1) is 19.9. The number of nitrogens with zero attached hydrogens (tertiary/aromatic N) is 1. The number of alkyl halides is 3. The average molecular weight is 401 g/mol. The van der Waals surface area contributed by atoms with Crippen molar-refractivity contribution >= 4 is 16.7 Å². The first-order valence-corrected chi connectivity index (χ1v) is 8.40. The highest BCUT2D eigenvalue weighted by molar-refractivity contribution is 5.81. The number of halogens is 3. The molecule has 1 heterocycles. The minimum absolute atomic E-state index is 0.137. The standard InChI is InChI=1S/C20H14F3N3O3/c21-20(22,23)14-7-3-5-13(11-14)6-4-10-24-17(27)12-26-19(29)16-9-2-1-8-15(16)18(28)25-26/h1-3,5,7-9,11H,10,12H2,(H,24,27)(H,25,28). The normalized spacial score (nSPS) is 11.0. The van der Waals surface area contributed by atoms with Crippen molar-refractivity contribution in [1.29, 1.82) is 0 Å². The molecule has 0 radical (unpaired) electrons. The Hall–Kier alpha value is -3.80. The Balaban J connectivity index is 1.66. The van der Waals surface area contributed by atoms with E-state index in [2.05, 4.69) is 22.3 Å². The molecule has 0 bridgehead atoms. The molecule has 0 aliphatic rings. The largest absolute Gasteiger partial charge is 0.416 e. The van der Waals surface area contributed by atoms with E-state index in [4.69, 9.17) is 0 Å². The first-order valence-electron chi connectivity index (χ1n) is 8.40. The lowest BCUT2D eigenvalue weighted by Crippen LogP contribution is -2.36. The number of amides is 1. The zero-order valence-electron chi connectivity index (χ0n) is 14.8. The molecule has 2 aromatic carbocycles. The molecule has 0 atom stereocenters. The molecule has 6 nitrogen and oxygen atoms in total. The topological polar surface area (TPSA) is 84.0 Å². The second-order valence-corrected chi connectivity index (χ2v) is 6.03. The van der Waals surface area contributed by atoms with E-state index in [1.807, 2.05) is 0 Å². The molecule has 3 rings (SSSR count). The average Bonchev–Trinajstić information content (AvgIpc) is 2.69. The van der Waals surface area contributed by atoms with E-state index < -0.39 is 35.3 Å². The maximum Gasteiger partial charge on any atom is 0.416 e. The van der Waals surface area contributed by atoms with Crippen molar-refractivity contribution in [2.45, 2.75) is 12.7 Å². The molecule has 0 spiro atoms. The summed E-state index contributed by atoms with van der Waals surface area (Å²) in [6.07, 6.45) is -4.46. The Labute approximate surface area is 162 Å². The van der Waals surface area contributed by atoms with Crippen LogP contribution in [0, 0.1) is 11.8 Å². The van der Waals surface area contributed by atoms with Gasteiger partial charge in [-0.05, 0) is 30.3 Å². The predicted octanol–water partition coefficient (Wildman–Crippen LogP) is 1.88. The van der Waals surface area contributed by atoms with Crippen LogP contribution in [-0.2, 0) is 17.5 Å². The van der Waals surface area contributed by atoms with Crippen LogP contribution in [0.1, 0.15) is 11.1 Å². The highest BCUT2D eigenvalue weighted by Gasteiger charge is 2.30. The van der Waals surface area contributed by atoms with Gasteiger partial charge in [0, 0.05) is 5.56 Å². The van der Waals surface area contributed by atoms with E-state index in [0.29, 0.717) is 0 Å². The smallest absolute Gasteiger partial charge is 0.344 e. The SMILES string of the molecule is O=C(Cn1[nH]c(=O)c2ccccc2c1=O)NCC#Cc1cccc(C(F)(F)F)c1. The molecular formula is C20H14F3N3O3. The minimum Gasteiger partial charge on any atom is -0.344 e. The van der Waals surface area contributed by atoms with Crippen molar-refractivity contribution in [2.24, 2.45) is 0 Å². The van der Waals surface area contributed by atoms with Crippen LogP contribution in [0.25, 0.3) is 10.8 Å². The third-order valence-electron chi connectivity index (χ3n) is 3.98. The van der Waals surface area contributed by atoms with Crippen LogP contribution < -0.4 is 16.4 Å². The molecule has 3 aromatic rings. The van der Waals surface area contributed by atoms with E-state index in [1.54, 1.807) is 12.1 Å². The minimum atomic E-state index is -4.46. The lowest BCUT2D eigenvalue weighted by atomic mass is 10.1. The van der Waals surface area contributed by atoms with Crippen molar-refractivity contribution in [3.63, 3.8) is 0 Å². The van der Waals surface area contributed by atoms with Gasteiger partial charge >= 0.3 is 6.18 Å². The maximum atomic E-state index is 12.7. The van der Waals surface area contributed by atoms with E-state index >= 15 is 0 Å². The van der Waals surface area contributed by atoms with Gasteiger partial charge in [-0.15, -0.1) is 0 Å². The number of aromatic nitrogens is 2. The van der Waals surface area contributed by atoms with E-state index in [9.17, 15) is 27.6 Å². The molecule has 0 fully saturated rings. The maximum absolute atomic E-state index is 12.7. The van der Waals surface area contributed by atoms with Crippen LogP contribution >= 0.6 is 0 Å². The number of H-pyrrole nitrogens is 1. The summed E-state index contributed by atoms with van der Waals surface area (Å²) in [7, 11) is 0. The van der Waals surface area contributed by atoms with Crippen LogP contribution in [0.5, 0.6) is 0 Å². The predicted molar refractivity (Wildman–Crippen MR) is 100 cm³/mol. The van der Waals surface area contributed by atoms with E-state index in [0.717, 1.165) is 16.8 Å². The van der Waals surface area contributed by atoms with Gasteiger partial charge in [-0.3, -0.25) is 19.5 Å². The molecule has 29 heavy (non-hydrogen) atoms. The van der Waals surface area contributed by atoms with Crippen molar-refractivity contribution in [1.82, 2.24) is 15.1 Å². The second kappa shape index (κ2) is 8.06. The monoisotopic (exact) mass is 401 g/mol. The Bertz CT molecular complexity index is 1250. The van der Waals surface area contributed by atoms with Gasteiger partial charge in [0.1, 0.15) is 6.54 Å². The Morgan fingerprint density at radius 2 is 1.79 bits per heavy atom. The quantitative estimate of drug-likeness (QED) is 0.658. The number of carbonyl (C=O) groups excluding carboxylic acids is 1. The second-order valence-electron chi connectivity index (χ2n) is 6.03. The molecule has 0 saturated carbocycles. The molecule has 2 N–H and O–H groups in total.